The van der Waals surface area contributed by atoms with E-state index in [0.717, 1.165) is 11.3 Å². The number of carbonyl (C=O) groups excluding carboxylic acids is 1. The average molecular weight is 251 g/mol. The quantitative estimate of drug-likeness (QED) is 0.805. The standard InChI is InChI=1S/C12H17N3OS/c1-3-15(2)12(16)14-10-6-4-9(5-7-10)8-11(13)17/h4-7H,3,8H2,1-2H3,(H2,13,17)(H,14,16). The van der Waals surface area contributed by atoms with Crippen molar-refractivity contribution in [1.82, 2.24) is 4.90 Å². The molecule has 0 aliphatic heterocycles. The number of nitrogens with zero attached hydrogens (tertiary/aromatic N) is 1. The van der Waals surface area contributed by atoms with E-state index in [1.54, 1.807) is 11.9 Å². The van der Waals surface area contributed by atoms with Gasteiger partial charge in [-0.15, -0.1) is 0 Å². The lowest BCUT2D eigenvalue weighted by Crippen LogP contribution is -2.30. The maximum atomic E-state index is 11.6. The molecule has 0 aromatic heterocycles. The molecular weight excluding hydrogens is 234 g/mol. The fourth-order valence-corrected chi connectivity index (χ4v) is 1.44. The molecule has 0 aliphatic rings. The third-order valence-electron chi connectivity index (χ3n) is 2.40. The van der Waals surface area contributed by atoms with E-state index in [-0.39, 0.29) is 6.03 Å². The molecule has 0 saturated heterocycles. The molecule has 1 aromatic carbocycles. The van der Waals surface area contributed by atoms with E-state index in [4.69, 9.17) is 18.0 Å². The highest BCUT2D eigenvalue weighted by Gasteiger charge is 2.05. The Labute approximate surface area is 107 Å². The summed E-state index contributed by atoms with van der Waals surface area (Å²) in [6.07, 6.45) is 0.582. The number of rotatable bonds is 4. The minimum atomic E-state index is -0.116. The molecule has 0 aliphatic carbocycles. The molecule has 2 amide bonds. The van der Waals surface area contributed by atoms with Crippen molar-refractivity contribution in [2.75, 3.05) is 18.9 Å². The average Bonchev–Trinajstić information content (AvgIpc) is 2.30. The molecule has 0 fully saturated rings. The van der Waals surface area contributed by atoms with Gasteiger partial charge in [-0.25, -0.2) is 4.79 Å². The Morgan fingerprint density at radius 3 is 2.47 bits per heavy atom. The van der Waals surface area contributed by atoms with Gasteiger partial charge < -0.3 is 16.0 Å². The molecule has 0 heterocycles. The van der Waals surface area contributed by atoms with Crippen molar-refractivity contribution in [3.05, 3.63) is 29.8 Å². The summed E-state index contributed by atoms with van der Waals surface area (Å²) in [5, 5.41) is 2.80. The number of carbonyl (C=O) groups is 1. The van der Waals surface area contributed by atoms with E-state index in [1.165, 1.54) is 0 Å². The molecule has 0 radical (unpaired) electrons. The van der Waals surface area contributed by atoms with Gasteiger partial charge in [-0.3, -0.25) is 0 Å². The summed E-state index contributed by atoms with van der Waals surface area (Å²) >= 11 is 4.83. The molecule has 0 saturated carbocycles. The van der Waals surface area contributed by atoms with Crippen LogP contribution in [0.1, 0.15) is 12.5 Å². The van der Waals surface area contributed by atoms with Gasteiger partial charge in [0.2, 0.25) is 0 Å². The number of thiocarbonyl (C=S) groups is 1. The van der Waals surface area contributed by atoms with Crippen molar-refractivity contribution < 1.29 is 4.79 Å². The molecule has 5 heteroatoms. The first-order valence-electron chi connectivity index (χ1n) is 5.42. The monoisotopic (exact) mass is 251 g/mol. The molecule has 0 atom stereocenters. The van der Waals surface area contributed by atoms with Crippen LogP contribution in [0.4, 0.5) is 10.5 Å². The Kier molecular flexibility index (Phi) is 4.90. The second-order valence-electron chi connectivity index (χ2n) is 3.78. The third-order valence-corrected chi connectivity index (χ3v) is 2.55. The van der Waals surface area contributed by atoms with Crippen molar-refractivity contribution in [2.45, 2.75) is 13.3 Å². The van der Waals surface area contributed by atoms with Crippen molar-refractivity contribution in [3.8, 4) is 0 Å². The van der Waals surface area contributed by atoms with Crippen molar-refractivity contribution in [1.29, 1.82) is 0 Å². The topological polar surface area (TPSA) is 58.4 Å². The van der Waals surface area contributed by atoms with Gasteiger partial charge in [-0.1, -0.05) is 24.4 Å². The minimum Gasteiger partial charge on any atom is -0.393 e. The van der Waals surface area contributed by atoms with Crippen LogP contribution in [0, 0.1) is 0 Å². The lowest BCUT2D eigenvalue weighted by molar-refractivity contribution is 0.224. The summed E-state index contributed by atoms with van der Waals surface area (Å²) in [5.74, 6) is 0. The van der Waals surface area contributed by atoms with Crippen LogP contribution in [-0.2, 0) is 6.42 Å². The number of benzene rings is 1. The van der Waals surface area contributed by atoms with Crippen molar-refractivity contribution >= 4 is 28.9 Å². The van der Waals surface area contributed by atoms with E-state index in [2.05, 4.69) is 5.32 Å². The Balaban J connectivity index is 2.62. The van der Waals surface area contributed by atoms with E-state index in [1.807, 2.05) is 31.2 Å². The van der Waals surface area contributed by atoms with Crippen molar-refractivity contribution in [2.24, 2.45) is 5.73 Å². The Bertz CT molecular complexity index is 403. The van der Waals surface area contributed by atoms with Crippen LogP contribution < -0.4 is 11.1 Å². The van der Waals surface area contributed by atoms with E-state index >= 15 is 0 Å². The van der Waals surface area contributed by atoms with Gasteiger partial charge in [-0.2, -0.15) is 0 Å². The summed E-state index contributed by atoms with van der Waals surface area (Å²) in [4.78, 5) is 13.6. The van der Waals surface area contributed by atoms with Gasteiger partial charge in [0.05, 0.1) is 4.99 Å². The van der Waals surface area contributed by atoms with Crippen molar-refractivity contribution in [3.63, 3.8) is 0 Å². The van der Waals surface area contributed by atoms with Crippen LogP contribution in [0.15, 0.2) is 24.3 Å². The van der Waals surface area contributed by atoms with Crippen LogP contribution >= 0.6 is 12.2 Å². The highest BCUT2D eigenvalue weighted by molar-refractivity contribution is 7.80. The van der Waals surface area contributed by atoms with Gasteiger partial charge in [0.25, 0.3) is 0 Å². The summed E-state index contributed by atoms with van der Waals surface area (Å²) in [6.45, 7) is 2.59. The molecule has 1 aromatic rings. The second-order valence-corrected chi connectivity index (χ2v) is 4.31. The van der Waals surface area contributed by atoms with Gasteiger partial charge in [0.1, 0.15) is 0 Å². The van der Waals surface area contributed by atoms with Crippen LogP contribution in [-0.4, -0.2) is 29.5 Å². The normalized spacial score (nSPS) is 9.76. The number of nitrogens with two attached hydrogens (primary N) is 1. The van der Waals surface area contributed by atoms with Crippen LogP contribution in [0.25, 0.3) is 0 Å². The minimum absolute atomic E-state index is 0.116. The van der Waals surface area contributed by atoms with Gasteiger partial charge in [-0.05, 0) is 24.6 Å². The SMILES string of the molecule is CCN(C)C(=O)Nc1ccc(CC(N)=S)cc1. The Morgan fingerprint density at radius 2 is 2.00 bits per heavy atom. The van der Waals surface area contributed by atoms with Crippen LogP contribution in [0.2, 0.25) is 0 Å². The zero-order valence-corrected chi connectivity index (χ0v) is 10.9. The zero-order valence-electron chi connectivity index (χ0n) is 10.1. The zero-order chi connectivity index (χ0) is 12.8. The number of nitrogens with one attached hydrogen (secondary N) is 1. The Morgan fingerprint density at radius 1 is 1.41 bits per heavy atom. The largest absolute Gasteiger partial charge is 0.393 e. The third kappa shape index (κ3) is 4.40. The number of urea groups is 1. The molecule has 92 valence electrons. The lowest BCUT2D eigenvalue weighted by Gasteiger charge is -2.15. The molecule has 0 spiro atoms. The second kappa shape index (κ2) is 6.20. The maximum absolute atomic E-state index is 11.6. The van der Waals surface area contributed by atoms with Gasteiger partial charge >= 0.3 is 6.03 Å². The van der Waals surface area contributed by atoms with Crippen LogP contribution in [0.3, 0.4) is 0 Å². The van der Waals surface area contributed by atoms with Gasteiger partial charge in [0, 0.05) is 25.7 Å². The molecule has 3 N–H and O–H groups in total. The number of hydrogen-bond donors (Lipinski definition) is 2. The predicted molar refractivity (Wildman–Crippen MR) is 74.3 cm³/mol. The van der Waals surface area contributed by atoms with Crippen LogP contribution in [0.5, 0.6) is 0 Å². The molecule has 0 bridgehead atoms. The summed E-state index contributed by atoms with van der Waals surface area (Å²) in [6, 6.07) is 7.38. The lowest BCUT2D eigenvalue weighted by atomic mass is 10.1. The molecule has 4 nitrogen and oxygen atoms in total. The summed E-state index contributed by atoms with van der Waals surface area (Å²) in [7, 11) is 1.75. The molecule has 0 unspecified atom stereocenters. The highest BCUT2D eigenvalue weighted by Crippen LogP contribution is 2.10. The first-order valence-corrected chi connectivity index (χ1v) is 5.83. The van der Waals surface area contributed by atoms with E-state index < -0.39 is 0 Å². The van der Waals surface area contributed by atoms with E-state index in [9.17, 15) is 4.79 Å². The number of hydrogen-bond acceptors (Lipinski definition) is 2. The fourth-order valence-electron chi connectivity index (χ4n) is 1.27. The molecular formula is C12H17N3OS. The van der Waals surface area contributed by atoms with E-state index in [0.29, 0.717) is 18.0 Å². The maximum Gasteiger partial charge on any atom is 0.321 e. The summed E-state index contributed by atoms with van der Waals surface area (Å²) < 4.78 is 0. The first kappa shape index (κ1) is 13.4. The molecule has 17 heavy (non-hydrogen) atoms. The summed E-state index contributed by atoms with van der Waals surface area (Å²) in [5.41, 5.74) is 7.26. The molecule has 1 rings (SSSR count). The Hall–Kier alpha value is -1.62. The highest BCUT2D eigenvalue weighted by atomic mass is 32.1. The van der Waals surface area contributed by atoms with Gasteiger partial charge in [0.15, 0.2) is 0 Å². The predicted octanol–water partition coefficient (Wildman–Crippen LogP) is 2.00. The fraction of sp³-hybridized carbons (Fsp3) is 0.333. The first-order chi connectivity index (χ1) is 8.02. The number of anilines is 1. The smallest absolute Gasteiger partial charge is 0.321 e. The number of amides is 2.